The first-order valence-corrected chi connectivity index (χ1v) is 7.79. The lowest BCUT2D eigenvalue weighted by Gasteiger charge is -2.29. The number of nitrogens with two attached hydrogens (primary N) is 1. The summed E-state index contributed by atoms with van der Waals surface area (Å²) < 4.78 is 5.25. The molecule has 0 unspecified atom stereocenters. The van der Waals surface area contributed by atoms with Crippen molar-refractivity contribution in [2.45, 2.75) is 57.5 Å². The first-order chi connectivity index (χ1) is 10.3. The van der Waals surface area contributed by atoms with Crippen molar-refractivity contribution in [1.82, 2.24) is 0 Å². The van der Waals surface area contributed by atoms with Crippen LogP contribution in [0.15, 0.2) is 18.2 Å². The number of aromatic hydroxyl groups is 1. The molecule has 0 saturated heterocycles. The Hall–Kier alpha value is -1.75. The van der Waals surface area contributed by atoms with Crippen molar-refractivity contribution in [1.29, 1.82) is 0 Å². The van der Waals surface area contributed by atoms with Crippen LogP contribution in [0.4, 0.5) is 10.5 Å². The third-order valence-corrected chi connectivity index (χ3v) is 4.16. The monoisotopic (exact) mass is 306 g/mol. The van der Waals surface area contributed by atoms with Gasteiger partial charge in [0.1, 0.15) is 11.4 Å². The van der Waals surface area contributed by atoms with Crippen LogP contribution in [0.5, 0.6) is 5.75 Å². The number of benzene rings is 1. The minimum Gasteiger partial charge on any atom is -0.508 e. The standard InChI is InChI=1S/C17H26N2O3/c1-16(2,3)22-15(21)19-12-6-7-14(20)13(10-12)17(11-18)8-4-5-9-17/h6-7,10,20H,4-5,8-9,11,18H2,1-3H3,(H,19,21). The van der Waals surface area contributed by atoms with Crippen LogP contribution >= 0.6 is 0 Å². The van der Waals surface area contributed by atoms with E-state index in [4.69, 9.17) is 10.5 Å². The van der Waals surface area contributed by atoms with E-state index in [0.717, 1.165) is 31.2 Å². The minimum absolute atomic E-state index is 0.185. The number of carbonyl (C=O) groups is 1. The van der Waals surface area contributed by atoms with E-state index in [9.17, 15) is 9.90 Å². The fraction of sp³-hybridized carbons (Fsp3) is 0.588. The van der Waals surface area contributed by atoms with E-state index in [1.165, 1.54) is 0 Å². The fourth-order valence-corrected chi connectivity index (χ4v) is 3.10. The summed E-state index contributed by atoms with van der Waals surface area (Å²) in [6.07, 6.45) is 3.65. The average Bonchev–Trinajstić information content (AvgIpc) is 2.88. The van der Waals surface area contributed by atoms with Crippen LogP contribution in [0, 0.1) is 0 Å². The molecule has 4 N–H and O–H groups in total. The van der Waals surface area contributed by atoms with Gasteiger partial charge in [-0.1, -0.05) is 12.8 Å². The van der Waals surface area contributed by atoms with Crippen LogP contribution in [0.25, 0.3) is 0 Å². The molecule has 5 nitrogen and oxygen atoms in total. The highest BCUT2D eigenvalue weighted by molar-refractivity contribution is 5.85. The molecular formula is C17H26N2O3. The molecule has 0 spiro atoms. The summed E-state index contributed by atoms with van der Waals surface area (Å²) in [4.78, 5) is 11.9. The first-order valence-electron chi connectivity index (χ1n) is 7.79. The molecule has 0 aromatic heterocycles. The largest absolute Gasteiger partial charge is 0.508 e. The molecule has 1 aromatic carbocycles. The van der Waals surface area contributed by atoms with Gasteiger partial charge in [-0.15, -0.1) is 0 Å². The Kier molecular flexibility index (Phi) is 4.66. The number of carbonyl (C=O) groups excluding carboxylic acids is 1. The van der Waals surface area contributed by atoms with E-state index >= 15 is 0 Å². The zero-order valence-electron chi connectivity index (χ0n) is 13.6. The summed E-state index contributed by atoms with van der Waals surface area (Å²) in [5, 5.41) is 12.9. The van der Waals surface area contributed by atoms with E-state index in [1.54, 1.807) is 12.1 Å². The summed E-state index contributed by atoms with van der Waals surface area (Å²) in [5.41, 5.74) is 6.68. The van der Waals surface area contributed by atoms with Gasteiger partial charge >= 0.3 is 6.09 Å². The van der Waals surface area contributed by atoms with E-state index in [2.05, 4.69) is 5.32 Å². The van der Waals surface area contributed by atoms with Crippen molar-refractivity contribution in [3.8, 4) is 5.75 Å². The molecule has 122 valence electrons. The Labute approximate surface area is 131 Å². The summed E-state index contributed by atoms with van der Waals surface area (Å²) in [6, 6.07) is 5.09. The number of hydrogen-bond donors (Lipinski definition) is 3. The lowest BCUT2D eigenvalue weighted by molar-refractivity contribution is 0.0636. The van der Waals surface area contributed by atoms with Gasteiger partial charge in [0.15, 0.2) is 0 Å². The lowest BCUT2D eigenvalue weighted by atomic mass is 9.78. The van der Waals surface area contributed by atoms with Gasteiger partial charge in [-0.25, -0.2) is 4.79 Å². The second-order valence-electron chi connectivity index (χ2n) is 7.05. The number of phenols is 1. The Morgan fingerprint density at radius 1 is 1.36 bits per heavy atom. The van der Waals surface area contributed by atoms with Crippen LogP contribution in [-0.2, 0) is 10.2 Å². The molecule has 0 atom stereocenters. The summed E-state index contributed by atoms with van der Waals surface area (Å²) in [5.74, 6) is 0.238. The van der Waals surface area contributed by atoms with Gasteiger partial charge in [-0.2, -0.15) is 0 Å². The Balaban J connectivity index is 2.22. The molecule has 2 rings (SSSR count). The summed E-state index contributed by atoms with van der Waals surface area (Å²) >= 11 is 0. The van der Waals surface area contributed by atoms with Crippen LogP contribution < -0.4 is 11.1 Å². The van der Waals surface area contributed by atoms with Gasteiger partial charge in [0.05, 0.1) is 0 Å². The highest BCUT2D eigenvalue weighted by atomic mass is 16.6. The topological polar surface area (TPSA) is 84.6 Å². The van der Waals surface area contributed by atoms with Crippen LogP contribution in [0.3, 0.4) is 0 Å². The van der Waals surface area contributed by atoms with Crippen molar-refractivity contribution >= 4 is 11.8 Å². The Morgan fingerprint density at radius 2 is 2.00 bits per heavy atom. The lowest BCUT2D eigenvalue weighted by Crippen LogP contribution is -2.32. The van der Waals surface area contributed by atoms with Crippen molar-refractivity contribution in [2.75, 3.05) is 11.9 Å². The maximum absolute atomic E-state index is 11.9. The molecule has 1 aromatic rings. The minimum atomic E-state index is -0.548. The normalized spacial score (nSPS) is 17.3. The van der Waals surface area contributed by atoms with Crippen molar-refractivity contribution < 1.29 is 14.6 Å². The molecule has 0 heterocycles. The Bertz CT molecular complexity index is 543. The number of hydrogen-bond acceptors (Lipinski definition) is 4. The predicted octanol–water partition coefficient (Wildman–Crippen LogP) is 3.51. The third-order valence-electron chi connectivity index (χ3n) is 4.16. The summed E-state index contributed by atoms with van der Waals surface area (Å²) in [6.45, 7) is 5.95. The smallest absolute Gasteiger partial charge is 0.412 e. The highest BCUT2D eigenvalue weighted by Gasteiger charge is 2.36. The average molecular weight is 306 g/mol. The predicted molar refractivity (Wildman–Crippen MR) is 87.2 cm³/mol. The van der Waals surface area contributed by atoms with Crippen LogP contribution in [-0.4, -0.2) is 23.3 Å². The summed E-state index contributed by atoms with van der Waals surface area (Å²) in [7, 11) is 0. The zero-order valence-corrected chi connectivity index (χ0v) is 13.6. The molecule has 1 amide bonds. The zero-order chi connectivity index (χ0) is 16.4. The van der Waals surface area contributed by atoms with Crippen molar-refractivity contribution in [3.63, 3.8) is 0 Å². The molecule has 0 aliphatic heterocycles. The second kappa shape index (κ2) is 6.16. The fourth-order valence-electron chi connectivity index (χ4n) is 3.10. The molecular weight excluding hydrogens is 280 g/mol. The van der Waals surface area contributed by atoms with Crippen LogP contribution in [0.2, 0.25) is 0 Å². The highest BCUT2D eigenvalue weighted by Crippen LogP contribution is 2.44. The number of rotatable bonds is 3. The van der Waals surface area contributed by atoms with Gasteiger partial charge in [0, 0.05) is 23.2 Å². The molecule has 1 aliphatic rings. The maximum atomic E-state index is 11.9. The second-order valence-corrected chi connectivity index (χ2v) is 7.05. The van der Waals surface area contributed by atoms with Gasteiger partial charge in [0.25, 0.3) is 0 Å². The van der Waals surface area contributed by atoms with E-state index in [-0.39, 0.29) is 11.2 Å². The number of phenolic OH excluding ortho intramolecular Hbond substituents is 1. The van der Waals surface area contributed by atoms with Crippen LogP contribution in [0.1, 0.15) is 52.0 Å². The molecule has 0 bridgehead atoms. The quantitative estimate of drug-likeness (QED) is 0.746. The number of anilines is 1. The van der Waals surface area contributed by atoms with Crippen molar-refractivity contribution in [2.24, 2.45) is 5.73 Å². The van der Waals surface area contributed by atoms with Gasteiger partial charge in [0.2, 0.25) is 0 Å². The molecule has 1 saturated carbocycles. The van der Waals surface area contributed by atoms with Gasteiger partial charge in [-0.3, -0.25) is 5.32 Å². The van der Waals surface area contributed by atoms with Crippen molar-refractivity contribution in [3.05, 3.63) is 23.8 Å². The third kappa shape index (κ3) is 3.71. The van der Waals surface area contributed by atoms with Gasteiger partial charge in [-0.05, 0) is 51.8 Å². The first kappa shape index (κ1) is 16.6. The van der Waals surface area contributed by atoms with Gasteiger partial charge < -0.3 is 15.6 Å². The van der Waals surface area contributed by atoms with E-state index < -0.39 is 11.7 Å². The number of nitrogens with one attached hydrogen (secondary N) is 1. The molecule has 22 heavy (non-hydrogen) atoms. The Morgan fingerprint density at radius 3 is 2.55 bits per heavy atom. The van der Waals surface area contributed by atoms with E-state index in [1.807, 2.05) is 26.8 Å². The molecule has 1 aliphatic carbocycles. The number of ether oxygens (including phenoxy) is 1. The SMILES string of the molecule is CC(C)(C)OC(=O)Nc1ccc(O)c(C2(CN)CCCC2)c1. The number of amides is 1. The molecule has 0 radical (unpaired) electrons. The van der Waals surface area contributed by atoms with E-state index in [0.29, 0.717) is 12.2 Å². The maximum Gasteiger partial charge on any atom is 0.412 e. The molecule has 1 fully saturated rings. The molecule has 5 heteroatoms.